The Kier molecular flexibility index (Phi) is 7.17. The molecule has 0 radical (unpaired) electrons. The van der Waals surface area contributed by atoms with Gasteiger partial charge in [0.25, 0.3) is 0 Å². The fourth-order valence-corrected chi connectivity index (χ4v) is 5.69. The Labute approximate surface area is 223 Å². The van der Waals surface area contributed by atoms with Crippen LogP contribution in [0, 0.1) is 0 Å². The number of rotatable bonds is 9. The lowest BCUT2D eigenvalue weighted by molar-refractivity contribution is 0.0697. The molecule has 0 bridgehead atoms. The monoisotopic (exact) mass is 529 g/mol. The molecule has 0 aliphatic rings. The van der Waals surface area contributed by atoms with Crippen molar-refractivity contribution >= 4 is 45.7 Å². The highest BCUT2D eigenvalue weighted by molar-refractivity contribution is 7.09. The van der Waals surface area contributed by atoms with Crippen molar-refractivity contribution in [2.45, 2.75) is 32.1 Å². The van der Waals surface area contributed by atoms with Gasteiger partial charge in [-0.2, -0.15) is 0 Å². The molecule has 2 heterocycles. The maximum atomic E-state index is 13.3. The van der Waals surface area contributed by atoms with Crippen molar-refractivity contribution in [2.75, 3.05) is 0 Å². The number of thiazole rings is 1. The number of hydrogen-bond acceptors (Lipinski definition) is 5. The van der Waals surface area contributed by atoms with E-state index in [1.807, 2.05) is 30.3 Å². The first-order valence-corrected chi connectivity index (χ1v) is 13.2. The van der Waals surface area contributed by atoms with Gasteiger partial charge in [-0.05, 0) is 36.2 Å². The summed E-state index contributed by atoms with van der Waals surface area (Å²) in [5.74, 6) is -0.589. The van der Waals surface area contributed by atoms with Crippen LogP contribution in [0.5, 0.6) is 0 Å². The molecule has 186 valence electrons. The lowest BCUT2D eigenvalue weighted by atomic mass is 9.89. The molecule has 37 heavy (non-hydrogen) atoms. The summed E-state index contributed by atoms with van der Waals surface area (Å²) in [6.07, 6.45) is 3.90. The number of carbonyl (C=O) groups is 2. The Morgan fingerprint density at radius 3 is 2.65 bits per heavy atom. The molecule has 3 aromatic carbocycles. The van der Waals surface area contributed by atoms with E-state index in [9.17, 15) is 14.7 Å². The molecular weight excluding hydrogens is 506 g/mol. The number of aromatic carboxylic acids is 1. The number of carbonyl (C=O) groups excluding carboxylic acids is 1. The van der Waals surface area contributed by atoms with Gasteiger partial charge in [0, 0.05) is 45.1 Å². The maximum Gasteiger partial charge on any atom is 0.336 e. The first-order chi connectivity index (χ1) is 18.0. The van der Waals surface area contributed by atoms with E-state index in [2.05, 4.69) is 21.9 Å². The summed E-state index contributed by atoms with van der Waals surface area (Å²) in [5.41, 5.74) is 5.47. The predicted octanol–water partition coefficient (Wildman–Crippen LogP) is 7.86. The van der Waals surface area contributed by atoms with E-state index in [1.54, 1.807) is 36.0 Å². The number of H-pyrrole nitrogens is 1. The van der Waals surface area contributed by atoms with Gasteiger partial charge in [0.1, 0.15) is 5.82 Å². The number of halogens is 1. The second kappa shape index (κ2) is 10.7. The third-order valence-electron chi connectivity index (χ3n) is 6.42. The summed E-state index contributed by atoms with van der Waals surface area (Å²) in [6, 6.07) is 17.9. The van der Waals surface area contributed by atoms with E-state index < -0.39 is 5.97 Å². The highest BCUT2D eigenvalue weighted by atomic mass is 35.5. The average Bonchev–Trinajstić information content (AvgIpc) is 3.58. The van der Waals surface area contributed by atoms with Gasteiger partial charge in [-0.1, -0.05) is 61.3 Å². The number of hydrogen-bond donors (Lipinski definition) is 2. The maximum absolute atomic E-state index is 13.3. The van der Waals surface area contributed by atoms with Crippen LogP contribution in [0.2, 0.25) is 5.02 Å². The number of para-hydroxylation sites is 2. The number of aromatic nitrogens is 3. The number of carboxylic acids is 1. The highest BCUT2D eigenvalue weighted by Crippen LogP contribution is 2.39. The van der Waals surface area contributed by atoms with Crippen molar-refractivity contribution in [2.24, 2.45) is 0 Å². The molecule has 0 aliphatic carbocycles. The van der Waals surface area contributed by atoms with Crippen molar-refractivity contribution in [1.82, 2.24) is 15.0 Å². The van der Waals surface area contributed by atoms with E-state index in [0.29, 0.717) is 39.5 Å². The molecule has 6 nitrogen and oxygen atoms in total. The smallest absolute Gasteiger partial charge is 0.336 e. The lowest BCUT2D eigenvalue weighted by Gasteiger charge is -2.16. The zero-order valence-corrected chi connectivity index (χ0v) is 21.6. The molecule has 0 fully saturated rings. The van der Waals surface area contributed by atoms with Crippen LogP contribution < -0.4 is 0 Å². The number of carboxylic acid groups (broad SMARTS) is 1. The molecule has 0 saturated heterocycles. The van der Waals surface area contributed by atoms with Crippen LogP contribution in [0.15, 0.2) is 72.4 Å². The van der Waals surface area contributed by atoms with Crippen LogP contribution in [0.25, 0.3) is 33.5 Å². The van der Waals surface area contributed by atoms with Gasteiger partial charge in [0.2, 0.25) is 0 Å². The van der Waals surface area contributed by atoms with Crippen molar-refractivity contribution in [1.29, 1.82) is 0 Å². The van der Waals surface area contributed by atoms with Gasteiger partial charge >= 0.3 is 5.97 Å². The molecule has 0 aliphatic heterocycles. The molecule has 8 heteroatoms. The molecule has 5 rings (SSSR count). The number of nitrogens with zero attached hydrogens (tertiary/aromatic N) is 2. The summed E-state index contributed by atoms with van der Waals surface area (Å²) in [4.78, 5) is 38.9. The van der Waals surface area contributed by atoms with Crippen molar-refractivity contribution in [3.05, 3.63) is 93.4 Å². The minimum atomic E-state index is -1.13. The van der Waals surface area contributed by atoms with E-state index >= 15 is 0 Å². The largest absolute Gasteiger partial charge is 0.478 e. The third kappa shape index (κ3) is 5.05. The number of aromatic amines is 1. The first-order valence-electron chi connectivity index (χ1n) is 12.0. The summed E-state index contributed by atoms with van der Waals surface area (Å²) >= 11 is 8.18. The van der Waals surface area contributed by atoms with Gasteiger partial charge in [0.15, 0.2) is 5.78 Å². The summed E-state index contributed by atoms with van der Waals surface area (Å²) in [5, 5.41) is 10.5. The summed E-state index contributed by atoms with van der Waals surface area (Å²) < 4.78 is 0. The minimum absolute atomic E-state index is 0.0149. The first kappa shape index (κ1) is 24.9. The average molecular weight is 530 g/mol. The van der Waals surface area contributed by atoms with Crippen LogP contribution in [0.3, 0.4) is 0 Å². The molecule has 5 aromatic rings. The number of imidazole rings is 1. The number of Topliss-reactive ketones (excluding diaryl/α,β-unsaturated/α-hetero) is 1. The van der Waals surface area contributed by atoms with Crippen molar-refractivity contribution < 1.29 is 14.7 Å². The quantitative estimate of drug-likeness (QED) is 0.189. The Morgan fingerprint density at radius 2 is 1.92 bits per heavy atom. The van der Waals surface area contributed by atoms with Crippen LogP contribution >= 0.6 is 22.9 Å². The molecule has 0 spiro atoms. The van der Waals surface area contributed by atoms with E-state index in [-0.39, 0.29) is 17.3 Å². The topological polar surface area (TPSA) is 95.9 Å². The number of fused-ring (bicyclic) bond motifs is 1. The number of benzene rings is 3. The minimum Gasteiger partial charge on any atom is -0.478 e. The highest BCUT2D eigenvalue weighted by Gasteiger charge is 2.23. The Hall–Kier alpha value is -3.81. The molecule has 2 aromatic heterocycles. The van der Waals surface area contributed by atoms with E-state index in [0.717, 1.165) is 28.8 Å². The molecule has 1 unspecified atom stereocenters. The van der Waals surface area contributed by atoms with E-state index in [1.165, 1.54) is 17.4 Å². The van der Waals surface area contributed by atoms with Crippen LogP contribution in [-0.4, -0.2) is 31.8 Å². The second-order valence-corrected chi connectivity index (χ2v) is 10.2. The molecule has 0 amide bonds. The van der Waals surface area contributed by atoms with Crippen LogP contribution in [0.4, 0.5) is 0 Å². The lowest BCUT2D eigenvalue weighted by Crippen LogP contribution is -2.09. The van der Waals surface area contributed by atoms with Crippen LogP contribution in [0.1, 0.15) is 57.7 Å². The Morgan fingerprint density at radius 1 is 1.08 bits per heavy atom. The van der Waals surface area contributed by atoms with Gasteiger partial charge in [-0.25, -0.2) is 9.78 Å². The van der Waals surface area contributed by atoms with Gasteiger partial charge in [-0.3, -0.25) is 9.78 Å². The SMILES string of the molecule is CCCC(CC(=O)c1ccc(-c2c(Cl)cccc2-c2nc3ccccc3[nH]2)c(C(=O)O)c1)c1cncs1. The molecular formula is C29H24ClN3O3S. The van der Waals surface area contributed by atoms with Crippen molar-refractivity contribution in [3.8, 4) is 22.5 Å². The third-order valence-corrected chi connectivity index (χ3v) is 7.68. The standard InChI is InChI=1S/C29H24ClN3O3S/c1-2-6-18(26-15-31-16-37-26)14-25(34)17-11-12-19(21(13-17)29(35)36)27-20(7-5-8-22(27)30)28-32-23-9-3-4-10-24(23)33-28/h3-5,7-13,15-16,18H,2,6,14H2,1H3,(H,32,33)(H,35,36). The Balaban J connectivity index is 1.56. The zero-order chi connectivity index (χ0) is 25.9. The summed E-state index contributed by atoms with van der Waals surface area (Å²) in [7, 11) is 0. The molecule has 2 N–H and O–H groups in total. The fraction of sp³-hybridized carbons (Fsp3) is 0.172. The second-order valence-electron chi connectivity index (χ2n) is 8.85. The van der Waals surface area contributed by atoms with E-state index in [4.69, 9.17) is 11.6 Å². The van der Waals surface area contributed by atoms with Crippen molar-refractivity contribution in [3.63, 3.8) is 0 Å². The number of ketones is 1. The van der Waals surface area contributed by atoms with Gasteiger partial charge in [-0.15, -0.1) is 11.3 Å². The van der Waals surface area contributed by atoms with Gasteiger partial charge in [0.05, 0.1) is 22.1 Å². The number of nitrogens with one attached hydrogen (secondary N) is 1. The fourth-order valence-electron chi connectivity index (χ4n) is 4.65. The summed E-state index contributed by atoms with van der Waals surface area (Å²) in [6.45, 7) is 2.08. The molecule has 0 saturated carbocycles. The van der Waals surface area contributed by atoms with Gasteiger partial charge < -0.3 is 10.1 Å². The Bertz CT molecular complexity index is 1560. The predicted molar refractivity (Wildman–Crippen MR) is 148 cm³/mol. The molecule has 1 atom stereocenters. The van der Waals surface area contributed by atoms with Crippen LogP contribution in [-0.2, 0) is 0 Å². The zero-order valence-electron chi connectivity index (χ0n) is 20.1. The normalized spacial score (nSPS) is 12.1.